The van der Waals surface area contributed by atoms with Gasteiger partial charge >= 0.3 is 0 Å². The molecule has 0 N–H and O–H groups in total. The molecule has 0 saturated heterocycles. The first-order valence-electron chi connectivity index (χ1n) is 6.66. The van der Waals surface area contributed by atoms with Crippen LogP contribution in [0.5, 0.6) is 0 Å². The molecule has 0 bridgehead atoms. The van der Waals surface area contributed by atoms with Crippen molar-refractivity contribution < 1.29 is 0 Å². The third-order valence-corrected chi connectivity index (χ3v) is 4.55. The van der Waals surface area contributed by atoms with E-state index in [0.717, 1.165) is 23.7 Å². The van der Waals surface area contributed by atoms with Crippen molar-refractivity contribution >= 4 is 0 Å². The van der Waals surface area contributed by atoms with Crippen LogP contribution in [0.15, 0.2) is 24.8 Å². The zero-order valence-electron chi connectivity index (χ0n) is 9.99. The summed E-state index contributed by atoms with van der Waals surface area (Å²) in [5, 5.41) is 0. The molecule has 2 rings (SSSR count). The van der Waals surface area contributed by atoms with Gasteiger partial charge in [0.15, 0.2) is 0 Å². The fraction of sp³-hybridized carbons (Fsp3) is 0.733. The highest BCUT2D eigenvalue weighted by Gasteiger charge is 2.34. The molecule has 0 aromatic rings. The molecule has 0 heterocycles. The van der Waals surface area contributed by atoms with E-state index in [0.29, 0.717) is 0 Å². The molecule has 2 aliphatic carbocycles. The zero-order valence-corrected chi connectivity index (χ0v) is 9.99. The standard InChI is InChI=1S/C15H24/c1-3-12-8-5-6-10-14(12)15-11-7-9-13(15)4-2/h4,7,11-15H,2-3,5-6,8-10H2,1H3. The van der Waals surface area contributed by atoms with Crippen LogP contribution >= 0.6 is 0 Å². The summed E-state index contributed by atoms with van der Waals surface area (Å²) in [7, 11) is 0. The first-order valence-corrected chi connectivity index (χ1v) is 6.66. The van der Waals surface area contributed by atoms with Crippen molar-refractivity contribution in [2.45, 2.75) is 45.4 Å². The molecule has 1 saturated carbocycles. The molecule has 0 aliphatic heterocycles. The van der Waals surface area contributed by atoms with Crippen LogP contribution in [-0.2, 0) is 0 Å². The molecular formula is C15H24. The molecule has 4 atom stereocenters. The largest absolute Gasteiger partial charge is 0.103 e. The van der Waals surface area contributed by atoms with Crippen molar-refractivity contribution in [2.24, 2.45) is 23.7 Å². The summed E-state index contributed by atoms with van der Waals surface area (Å²) < 4.78 is 0. The van der Waals surface area contributed by atoms with Crippen molar-refractivity contribution in [3.63, 3.8) is 0 Å². The fourth-order valence-corrected chi connectivity index (χ4v) is 3.66. The van der Waals surface area contributed by atoms with E-state index in [9.17, 15) is 0 Å². The highest BCUT2D eigenvalue weighted by molar-refractivity contribution is 5.09. The average Bonchev–Trinajstić information content (AvgIpc) is 2.76. The van der Waals surface area contributed by atoms with E-state index in [2.05, 4.69) is 31.7 Å². The average molecular weight is 204 g/mol. The highest BCUT2D eigenvalue weighted by atomic mass is 14.4. The minimum absolute atomic E-state index is 0.738. The lowest BCUT2D eigenvalue weighted by Crippen LogP contribution is -2.28. The lowest BCUT2D eigenvalue weighted by atomic mass is 9.68. The number of allylic oxidation sites excluding steroid dienone is 3. The summed E-state index contributed by atoms with van der Waals surface area (Å²) in [5.41, 5.74) is 0. The molecule has 84 valence electrons. The Kier molecular flexibility index (Phi) is 3.66. The minimum Gasteiger partial charge on any atom is -0.103 e. The van der Waals surface area contributed by atoms with Crippen LogP contribution in [-0.4, -0.2) is 0 Å². The third kappa shape index (κ3) is 2.19. The van der Waals surface area contributed by atoms with Crippen LogP contribution in [0.2, 0.25) is 0 Å². The molecule has 2 aliphatic rings. The third-order valence-electron chi connectivity index (χ3n) is 4.55. The van der Waals surface area contributed by atoms with Crippen LogP contribution < -0.4 is 0 Å². The Bertz CT molecular complexity index is 238. The molecule has 0 aromatic heterocycles. The van der Waals surface area contributed by atoms with E-state index in [1.165, 1.54) is 38.5 Å². The lowest BCUT2D eigenvalue weighted by Gasteiger charge is -2.36. The second kappa shape index (κ2) is 5.01. The van der Waals surface area contributed by atoms with Gasteiger partial charge in [-0.1, -0.05) is 50.8 Å². The summed E-state index contributed by atoms with van der Waals surface area (Å²) in [4.78, 5) is 0. The topological polar surface area (TPSA) is 0 Å². The van der Waals surface area contributed by atoms with Gasteiger partial charge in [0, 0.05) is 0 Å². The van der Waals surface area contributed by atoms with Gasteiger partial charge < -0.3 is 0 Å². The van der Waals surface area contributed by atoms with Crippen LogP contribution in [0.25, 0.3) is 0 Å². The predicted molar refractivity (Wildman–Crippen MR) is 66.7 cm³/mol. The van der Waals surface area contributed by atoms with Crippen molar-refractivity contribution in [1.82, 2.24) is 0 Å². The first-order chi connectivity index (χ1) is 7.36. The molecule has 0 aromatic carbocycles. The lowest BCUT2D eigenvalue weighted by molar-refractivity contribution is 0.162. The predicted octanol–water partition coefficient (Wildman–Crippen LogP) is 4.58. The van der Waals surface area contributed by atoms with Gasteiger partial charge in [-0.15, -0.1) is 6.58 Å². The van der Waals surface area contributed by atoms with Gasteiger partial charge in [0.25, 0.3) is 0 Å². The van der Waals surface area contributed by atoms with Gasteiger partial charge in [0.1, 0.15) is 0 Å². The first kappa shape index (κ1) is 11.0. The van der Waals surface area contributed by atoms with Gasteiger partial charge in [-0.3, -0.25) is 0 Å². The van der Waals surface area contributed by atoms with Crippen molar-refractivity contribution in [1.29, 1.82) is 0 Å². The van der Waals surface area contributed by atoms with Gasteiger partial charge in [0.05, 0.1) is 0 Å². The minimum atomic E-state index is 0.738. The van der Waals surface area contributed by atoms with E-state index in [-0.39, 0.29) is 0 Å². The fourth-order valence-electron chi connectivity index (χ4n) is 3.66. The molecule has 1 fully saturated rings. The maximum atomic E-state index is 4.00. The quantitative estimate of drug-likeness (QED) is 0.590. The molecule has 4 unspecified atom stereocenters. The van der Waals surface area contributed by atoms with E-state index >= 15 is 0 Å². The Morgan fingerprint density at radius 3 is 2.87 bits per heavy atom. The SMILES string of the molecule is C=CC1CC=CC1C1CCCCC1CC. The summed E-state index contributed by atoms with van der Waals surface area (Å²) >= 11 is 0. The van der Waals surface area contributed by atoms with E-state index in [4.69, 9.17) is 0 Å². The summed E-state index contributed by atoms with van der Waals surface area (Å²) in [6, 6.07) is 0. The highest BCUT2D eigenvalue weighted by Crippen LogP contribution is 2.43. The molecular weight excluding hydrogens is 180 g/mol. The van der Waals surface area contributed by atoms with Crippen LogP contribution in [0.4, 0.5) is 0 Å². The monoisotopic (exact) mass is 204 g/mol. The maximum Gasteiger partial charge on any atom is -0.0136 e. The molecule has 0 nitrogen and oxygen atoms in total. The van der Waals surface area contributed by atoms with Crippen molar-refractivity contribution in [3.05, 3.63) is 24.8 Å². The van der Waals surface area contributed by atoms with Gasteiger partial charge in [-0.2, -0.15) is 0 Å². The molecule has 0 heteroatoms. The Labute approximate surface area is 94.5 Å². The smallest absolute Gasteiger partial charge is 0.0136 e. The second-order valence-electron chi connectivity index (χ2n) is 5.26. The van der Waals surface area contributed by atoms with E-state index in [1.807, 2.05) is 0 Å². The van der Waals surface area contributed by atoms with E-state index < -0.39 is 0 Å². The number of hydrogen-bond donors (Lipinski definition) is 0. The van der Waals surface area contributed by atoms with Crippen molar-refractivity contribution in [3.8, 4) is 0 Å². The van der Waals surface area contributed by atoms with Gasteiger partial charge in [0.2, 0.25) is 0 Å². The summed E-state index contributed by atoms with van der Waals surface area (Å²) in [6.45, 7) is 6.36. The normalized spacial score (nSPS) is 40.6. The van der Waals surface area contributed by atoms with Crippen molar-refractivity contribution in [2.75, 3.05) is 0 Å². The number of rotatable bonds is 3. The van der Waals surface area contributed by atoms with Gasteiger partial charge in [-0.25, -0.2) is 0 Å². The maximum absolute atomic E-state index is 4.00. The summed E-state index contributed by atoms with van der Waals surface area (Å²) in [6.07, 6.45) is 15.5. The summed E-state index contributed by atoms with van der Waals surface area (Å²) in [5.74, 6) is 3.48. The van der Waals surface area contributed by atoms with E-state index in [1.54, 1.807) is 0 Å². The van der Waals surface area contributed by atoms with Crippen LogP contribution in [0.3, 0.4) is 0 Å². The Morgan fingerprint density at radius 1 is 1.33 bits per heavy atom. The molecule has 15 heavy (non-hydrogen) atoms. The number of hydrogen-bond acceptors (Lipinski definition) is 0. The molecule has 0 radical (unpaired) electrons. The molecule has 0 amide bonds. The Balaban J connectivity index is 2.06. The van der Waals surface area contributed by atoms with Gasteiger partial charge in [-0.05, 0) is 36.5 Å². The second-order valence-corrected chi connectivity index (χ2v) is 5.26. The zero-order chi connectivity index (χ0) is 10.7. The Morgan fingerprint density at radius 2 is 2.13 bits per heavy atom. The van der Waals surface area contributed by atoms with Crippen LogP contribution in [0, 0.1) is 23.7 Å². The molecule has 0 spiro atoms. The Hall–Kier alpha value is -0.520. The van der Waals surface area contributed by atoms with Crippen LogP contribution in [0.1, 0.15) is 45.4 Å².